The number of nitrogens with one attached hydrogen (secondary N) is 1. The Kier molecular flexibility index (Phi) is 3.94. The third kappa shape index (κ3) is 3.09. The second kappa shape index (κ2) is 5.65. The zero-order valence-corrected chi connectivity index (χ0v) is 12.0. The van der Waals surface area contributed by atoms with Crippen LogP contribution in [-0.4, -0.2) is 19.9 Å². The first kappa shape index (κ1) is 13.9. The molecule has 0 bridgehead atoms. The maximum absolute atomic E-state index is 7.64. The number of aryl methyl sites for hydroxylation is 1. The normalized spacial score (nSPS) is 10.2. The maximum Gasteiger partial charge on any atom is 0.138 e. The monoisotopic (exact) mass is 269 g/mol. The Balaban J connectivity index is 2.35. The van der Waals surface area contributed by atoms with Crippen LogP contribution in [0.2, 0.25) is 0 Å². The average Bonchev–Trinajstić information content (AvgIpc) is 2.41. The number of nitrogens with two attached hydrogens (primary N) is 1. The minimum Gasteiger partial charge on any atom is -0.457 e. The molecule has 2 aromatic carbocycles. The molecule has 0 saturated carbocycles. The molecule has 0 aliphatic rings. The lowest BCUT2D eigenvalue weighted by atomic mass is 10.1. The lowest BCUT2D eigenvalue weighted by Crippen LogP contribution is -2.12. The summed E-state index contributed by atoms with van der Waals surface area (Å²) in [6.07, 6.45) is 0. The highest BCUT2D eigenvalue weighted by Crippen LogP contribution is 2.28. The van der Waals surface area contributed by atoms with Gasteiger partial charge in [0.05, 0.1) is 5.56 Å². The van der Waals surface area contributed by atoms with Crippen LogP contribution in [0.1, 0.15) is 11.1 Å². The lowest BCUT2D eigenvalue weighted by Gasteiger charge is -2.15. The maximum atomic E-state index is 7.64. The SMILES string of the molecule is Cc1ccc(Oc2cccc(N(C)C)c2)c(C(=N)N)c1. The molecular formula is C16H19N3O. The predicted molar refractivity (Wildman–Crippen MR) is 83.0 cm³/mol. The first-order chi connectivity index (χ1) is 9.47. The van der Waals surface area contributed by atoms with Gasteiger partial charge in [-0.2, -0.15) is 0 Å². The van der Waals surface area contributed by atoms with Gasteiger partial charge in [0.25, 0.3) is 0 Å². The Hall–Kier alpha value is -2.49. The van der Waals surface area contributed by atoms with E-state index in [0.29, 0.717) is 11.3 Å². The topological polar surface area (TPSA) is 62.3 Å². The van der Waals surface area contributed by atoms with Crippen molar-refractivity contribution < 1.29 is 4.74 Å². The molecule has 20 heavy (non-hydrogen) atoms. The van der Waals surface area contributed by atoms with Crippen LogP contribution in [-0.2, 0) is 0 Å². The van der Waals surface area contributed by atoms with Gasteiger partial charge in [-0.3, -0.25) is 5.41 Å². The minimum atomic E-state index is 0.00691. The molecule has 0 unspecified atom stereocenters. The largest absolute Gasteiger partial charge is 0.457 e. The molecule has 0 aliphatic heterocycles. The summed E-state index contributed by atoms with van der Waals surface area (Å²) in [5.74, 6) is 1.33. The van der Waals surface area contributed by atoms with E-state index >= 15 is 0 Å². The molecule has 3 N–H and O–H groups in total. The van der Waals surface area contributed by atoms with Crippen LogP contribution in [0, 0.1) is 12.3 Å². The van der Waals surface area contributed by atoms with Crippen molar-refractivity contribution in [3.8, 4) is 11.5 Å². The van der Waals surface area contributed by atoms with Crippen molar-refractivity contribution in [2.75, 3.05) is 19.0 Å². The molecule has 0 atom stereocenters. The van der Waals surface area contributed by atoms with E-state index < -0.39 is 0 Å². The summed E-state index contributed by atoms with van der Waals surface area (Å²) in [6.45, 7) is 1.96. The van der Waals surface area contributed by atoms with Gasteiger partial charge in [-0.05, 0) is 31.2 Å². The van der Waals surface area contributed by atoms with E-state index in [9.17, 15) is 0 Å². The van der Waals surface area contributed by atoms with Crippen LogP contribution >= 0.6 is 0 Å². The van der Waals surface area contributed by atoms with Crippen LogP contribution in [0.5, 0.6) is 11.5 Å². The van der Waals surface area contributed by atoms with Crippen molar-refractivity contribution in [3.05, 3.63) is 53.6 Å². The van der Waals surface area contributed by atoms with Crippen molar-refractivity contribution in [3.63, 3.8) is 0 Å². The number of anilines is 1. The second-order valence-corrected chi connectivity index (χ2v) is 4.91. The molecule has 0 saturated heterocycles. The molecule has 2 rings (SSSR count). The molecule has 0 spiro atoms. The fraction of sp³-hybridized carbons (Fsp3) is 0.188. The van der Waals surface area contributed by atoms with E-state index in [1.165, 1.54) is 0 Å². The second-order valence-electron chi connectivity index (χ2n) is 4.91. The van der Waals surface area contributed by atoms with E-state index in [4.69, 9.17) is 15.9 Å². The molecule has 0 heterocycles. The van der Waals surface area contributed by atoms with Gasteiger partial charge in [0.15, 0.2) is 0 Å². The Morgan fingerprint density at radius 3 is 2.55 bits per heavy atom. The molecular weight excluding hydrogens is 250 g/mol. The van der Waals surface area contributed by atoms with E-state index in [2.05, 4.69) is 0 Å². The van der Waals surface area contributed by atoms with Crippen LogP contribution in [0.15, 0.2) is 42.5 Å². The molecule has 0 aromatic heterocycles. The third-order valence-electron chi connectivity index (χ3n) is 2.99. The number of hydrogen-bond acceptors (Lipinski definition) is 3. The Morgan fingerprint density at radius 2 is 1.90 bits per heavy atom. The number of rotatable bonds is 4. The minimum absolute atomic E-state index is 0.00691. The summed E-state index contributed by atoms with van der Waals surface area (Å²) in [7, 11) is 3.96. The summed E-state index contributed by atoms with van der Waals surface area (Å²) < 4.78 is 5.87. The number of hydrogen-bond donors (Lipinski definition) is 2. The van der Waals surface area contributed by atoms with Gasteiger partial charge in [0, 0.05) is 25.8 Å². The van der Waals surface area contributed by atoms with Gasteiger partial charge in [-0.15, -0.1) is 0 Å². The van der Waals surface area contributed by atoms with Crippen molar-refractivity contribution in [1.29, 1.82) is 5.41 Å². The van der Waals surface area contributed by atoms with Crippen LogP contribution in [0.25, 0.3) is 0 Å². The van der Waals surface area contributed by atoms with E-state index in [1.807, 2.05) is 68.4 Å². The lowest BCUT2D eigenvalue weighted by molar-refractivity contribution is 0.481. The fourth-order valence-electron chi connectivity index (χ4n) is 1.90. The summed E-state index contributed by atoms with van der Waals surface area (Å²) in [5.41, 5.74) is 8.32. The number of nitrogens with zero attached hydrogens (tertiary/aromatic N) is 1. The standard InChI is InChI=1S/C16H19N3O/c1-11-7-8-15(14(9-11)16(17)18)20-13-6-4-5-12(10-13)19(2)3/h4-10H,1-3H3,(H3,17,18). The summed E-state index contributed by atoms with van der Waals surface area (Å²) in [4.78, 5) is 2.01. The van der Waals surface area contributed by atoms with Crippen LogP contribution in [0.4, 0.5) is 5.69 Å². The first-order valence-electron chi connectivity index (χ1n) is 6.37. The summed E-state index contributed by atoms with van der Waals surface area (Å²) in [5, 5.41) is 7.64. The quantitative estimate of drug-likeness (QED) is 0.662. The number of ether oxygens (including phenoxy) is 1. The average molecular weight is 269 g/mol. The zero-order chi connectivity index (χ0) is 14.7. The van der Waals surface area contributed by atoms with E-state index in [0.717, 1.165) is 17.0 Å². The molecule has 104 valence electrons. The van der Waals surface area contributed by atoms with E-state index in [1.54, 1.807) is 0 Å². The summed E-state index contributed by atoms with van der Waals surface area (Å²) in [6, 6.07) is 13.4. The zero-order valence-electron chi connectivity index (χ0n) is 12.0. The first-order valence-corrected chi connectivity index (χ1v) is 6.37. The van der Waals surface area contributed by atoms with Gasteiger partial charge in [0.1, 0.15) is 17.3 Å². The molecule has 4 heteroatoms. The number of amidine groups is 1. The smallest absolute Gasteiger partial charge is 0.138 e. The van der Waals surface area contributed by atoms with Crippen molar-refractivity contribution >= 4 is 11.5 Å². The van der Waals surface area contributed by atoms with Crippen molar-refractivity contribution in [2.45, 2.75) is 6.92 Å². The van der Waals surface area contributed by atoms with E-state index in [-0.39, 0.29) is 5.84 Å². The molecule has 2 aromatic rings. The van der Waals surface area contributed by atoms with Crippen LogP contribution in [0.3, 0.4) is 0 Å². The van der Waals surface area contributed by atoms with Gasteiger partial charge >= 0.3 is 0 Å². The Bertz CT molecular complexity index is 635. The van der Waals surface area contributed by atoms with Crippen molar-refractivity contribution in [1.82, 2.24) is 0 Å². The fourth-order valence-corrected chi connectivity index (χ4v) is 1.90. The molecule has 0 radical (unpaired) electrons. The van der Waals surface area contributed by atoms with Gasteiger partial charge in [-0.25, -0.2) is 0 Å². The third-order valence-corrected chi connectivity index (χ3v) is 2.99. The van der Waals surface area contributed by atoms with Crippen LogP contribution < -0.4 is 15.4 Å². The van der Waals surface area contributed by atoms with Gasteiger partial charge in [0.2, 0.25) is 0 Å². The molecule has 0 amide bonds. The Morgan fingerprint density at radius 1 is 1.15 bits per heavy atom. The molecule has 0 fully saturated rings. The highest BCUT2D eigenvalue weighted by Gasteiger charge is 2.08. The Labute approximate surface area is 119 Å². The molecule has 4 nitrogen and oxygen atoms in total. The van der Waals surface area contributed by atoms with Crippen molar-refractivity contribution in [2.24, 2.45) is 5.73 Å². The highest BCUT2D eigenvalue weighted by molar-refractivity contribution is 5.97. The molecule has 0 aliphatic carbocycles. The predicted octanol–water partition coefficient (Wildman–Crippen LogP) is 3.14. The summed E-state index contributed by atoms with van der Waals surface area (Å²) >= 11 is 0. The van der Waals surface area contributed by atoms with Gasteiger partial charge in [-0.1, -0.05) is 17.7 Å². The highest BCUT2D eigenvalue weighted by atomic mass is 16.5. The number of nitrogen functional groups attached to an aromatic ring is 1. The number of benzene rings is 2. The van der Waals surface area contributed by atoms with Gasteiger partial charge < -0.3 is 15.4 Å².